The molecule has 0 heterocycles. The van der Waals surface area contributed by atoms with E-state index in [4.69, 9.17) is 9.84 Å². The maximum Gasteiger partial charge on any atom is 0.312 e. The standard InChI is InChI=1S/C12H14FNO4/c1-14(11(15)8-12(16)17)6-7-18-10-4-2-9(13)3-5-10/h2-5H,6-8H2,1H3,(H,16,17). The molecule has 0 aliphatic rings. The van der Waals surface area contributed by atoms with Crippen molar-refractivity contribution >= 4 is 11.9 Å². The Morgan fingerprint density at radius 1 is 1.33 bits per heavy atom. The average molecular weight is 255 g/mol. The number of amides is 1. The van der Waals surface area contributed by atoms with Crippen LogP contribution in [-0.4, -0.2) is 42.1 Å². The summed E-state index contributed by atoms with van der Waals surface area (Å²) < 4.78 is 17.9. The van der Waals surface area contributed by atoms with E-state index in [1.54, 1.807) is 0 Å². The minimum atomic E-state index is -1.16. The molecule has 6 heteroatoms. The lowest BCUT2D eigenvalue weighted by atomic mass is 10.3. The van der Waals surface area contributed by atoms with E-state index < -0.39 is 18.3 Å². The van der Waals surface area contributed by atoms with E-state index in [-0.39, 0.29) is 19.0 Å². The molecule has 0 aromatic heterocycles. The summed E-state index contributed by atoms with van der Waals surface area (Å²) in [4.78, 5) is 22.9. The first-order valence-electron chi connectivity index (χ1n) is 5.33. The van der Waals surface area contributed by atoms with Gasteiger partial charge >= 0.3 is 5.97 Å². The van der Waals surface area contributed by atoms with Crippen LogP contribution in [-0.2, 0) is 9.59 Å². The van der Waals surface area contributed by atoms with Gasteiger partial charge < -0.3 is 14.7 Å². The van der Waals surface area contributed by atoms with Crippen molar-refractivity contribution in [3.8, 4) is 5.75 Å². The topological polar surface area (TPSA) is 66.8 Å². The molecule has 0 saturated carbocycles. The van der Waals surface area contributed by atoms with Gasteiger partial charge in [0.15, 0.2) is 0 Å². The molecule has 1 aromatic carbocycles. The average Bonchev–Trinajstić information content (AvgIpc) is 2.30. The zero-order valence-electron chi connectivity index (χ0n) is 9.93. The SMILES string of the molecule is CN(CCOc1ccc(F)cc1)C(=O)CC(=O)O. The summed E-state index contributed by atoms with van der Waals surface area (Å²) in [6, 6.07) is 5.51. The lowest BCUT2D eigenvalue weighted by Gasteiger charge is -2.16. The van der Waals surface area contributed by atoms with Crippen molar-refractivity contribution in [1.82, 2.24) is 4.90 Å². The number of likely N-dealkylation sites (N-methyl/N-ethyl adjacent to an activating group) is 1. The molecule has 0 fully saturated rings. The minimum Gasteiger partial charge on any atom is -0.492 e. The molecular weight excluding hydrogens is 241 g/mol. The van der Waals surface area contributed by atoms with Gasteiger partial charge in [0.25, 0.3) is 0 Å². The van der Waals surface area contributed by atoms with Gasteiger partial charge in [-0.05, 0) is 24.3 Å². The van der Waals surface area contributed by atoms with Crippen molar-refractivity contribution in [1.29, 1.82) is 0 Å². The summed E-state index contributed by atoms with van der Waals surface area (Å²) >= 11 is 0. The fourth-order valence-electron chi connectivity index (χ4n) is 1.22. The van der Waals surface area contributed by atoms with Gasteiger partial charge in [0, 0.05) is 7.05 Å². The normalized spacial score (nSPS) is 9.89. The van der Waals surface area contributed by atoms with Crippen LogP contribution in [0.25, 0.3) is 0 Å². The highest BCUT2D eigenvalue weighted by molar-refractivity contribution is 5.93. The summed E-state index contributed by atoms with van der Waals surface area (Å²) in [7, 11) is 1.50. The smallest absolute Gasteiger partial charge is 0.312 e. The number of carboxylic acids is 1. The molecule has 1 rings (SSSR count). The molecule has 1 amide bonds. The van der Waals surface area contributed by atoms with Gasteiger partial charge in [0.05, 0.1) is 6.54 Å². The number of rotatable bonds is 6. The van der Waals surface area contributed by atoms with E-state index in [0.717, 1.165) is 0 Å². The Morgan fingerprint density at radius 3 is 2.50 bits per heavy atom. The van der Waals surface area contributed by atoms with Gasteiger partial charge in [-0.3, -0.25) is 9.59 Å². The van der Waals surface area contributed by atoms with Crippen LogP contribution in [0, 0.1) is 5.82 Å². The predicted octanol–water partition coefficient (Wildman–Crippen LogP) is 1.14. The molecule has 5 nitrogen and oxygen atoms in total. The Labute approximate surface area is 104 Å². The van der Waals surface area contributed by atoms with Gasteiger partial charge in [0.1, 0.15) is 24.6 Å². The molecular formula is C12H14FNO4. The van der Waals surface area contributed by atoms with E-state index in [9.17, 15) is 14.0 Å². The molecule has 18 heavy (non-hydrogen) atoms. The zero-order valence-corrected chi connectivity index (χ0v) is 9.93. The third kappa shape index (κ3) is 4.82. The van der Waals surface area contributed by atoms with E-state index >= 15 is 0 Å². The van der Waals surface area contributed by atoms with E-state index in [2.05, 4.69) is 0 Å². The van der Waals surface area contributed by atoms with Crippen LogP contribution in [0.5, 0.6) is 5.75 Å². The number of hydrogen-bond donors (Lipinski definition) is 1. The monoisotopic (exact) mass is 255 g/mol. The van der Waals surface area contributed by atoms with Crippen LogP contribution < -0.4 is 4.74 Å². The van der Waals surface area contributed by atoms with Gasteiger partial charge in [-0.1, -0.05) is 0 Å². The first-order chi connectivity index (χ1) is 8.49. The number of nitrogens with zero attached hydrogens (tertiary/aromatic N) is 1. The van der Waals surface area contributed by atoms with E-state index in [1.807, 2.05) is 0 Å². The Morgan fingerprint density at radius 2 is 1.94 bits per heavy atom. The highest BCUT2D eigenvalue weighted by Gasteiger charge is 2.12. The predicted molar refractivity (Wildman–Crippen MR) is 61.8 cm³/mol. The number of benzene rings is 1. The second kappa shape index (κ2) is 6.58. The lowest BCUT2D eigenvalue weighted by Crippen LogP contribution is -2.32. The highest BCUT2D eigenvalue weighted by Crippen LogP contribution is 2.10. The number of ether oxygens (including phenoxy) is 1. The Bertz CT molecular complexity index is 419. The molecule has 0 unspecified atom stereocenters. The van der Waals surface area contributed by atoms with Gasteiger partial charge in [-0.25, -0.2) is 4.39 Å². The molecule has 0 spiro atoms. The molecule has 98 valence electrons. The van der Waals surface area contributed by atoms with Crippen LogP contribution >= 0.6 is 0 Å². The molecule has 0 aliphatic heterocycles. The van der Waals surface area contributed by atoms with E-state index in [0.29, 0.717) is 5.75 Å². The number of carbonyl (C=O) groups excluding carboxylic acids is 1. The maximum atomic E-state index is 12.6. The molecule has 0 aliphatic carbocycles. The molecule has 0 bridgehead atoms. The van der Waals surface area contributed by atoms with Crippen LogP contribution in [0.3, 0.4) is 0 Å². The van der Waals surface area contributed by atoms with Crippen LogP contribution in [0.15, 0.2) is 24.3 Å². The summed E-state index contributed by atoms with van der Waals surface area (Å²) in [6.07, 6.45) is -0.535. The minimum absolute atomic E-state index is 0.216. The fraction of sp³-hybridized carbons (Fsp3) is 0.333. The van der Waals surface area contributed by atoms with Crippen molar-refractivity contribution in [3.05, 3.63) is 30.1 Å². The summed E-state index contributed by atoms with van der Waals surface area (Å²) in [5.41, 5.74) is 0. The zero-order chi connectivity index (χ0) is 13.5. The Kier molecular flexibility index (Phi) is 5.10. The first-order valence-corrected chi connectivity index (χ1v) is 5.33. The Balaban J connectivity index is 2.31. The quantitative estimate of drug-likeness (QED) is 0.774. The van der Waals surface area contributed by atoms with Crippen molar-refractivity contribution in [2.45, 2.75) is 6.42 Å². The molecule has 0 atom stereocenters. The largest absolute Gasteiger partial charge is 0.492 e. The number of carboxylic acid groups (broad SMARTS) is 1. The van der Waals surface area contributed by atoms with Gasteiger partial charge in [-0.2, -0.15) is 0 Å². The maximum absolute atomic E-state index is 12.6. The van der Waals surface area contributed by atoms with Crippen LogP contribution in [0.1, 0.15) is 6.42 Å². The third-order valence-electron chi connectivity index (χ3n) is 2.24. The highest BCUT2D eigenvalue weighted by atomic mass is 19.1. The number of aliphatic carboxylic acids is 1. The van der Waals surface area contributed by atoms with Crippen LogP contribution in [0.4, 0.5) is 4.39 Å². The second-order valence-corrected chi connectivity index (χ2v) is 3.69. The molecule has 0 saturated heterocycles. The molecule has 0 radical (unpaired) electrons. The fourth-order valence-corrected chi connectivity index (χ4v) is 1.22. The van der Waals surface area contributed by atoms with Crippen molar-refractivity contribution in [2.75, 3.05) is 20.2 Å². The second-order valence-electron chi connectivity index (χ2n) is 3.69. The summed E-state index contributed by atoms with van der Waals surface area (Å²) in [5.74, 6) is -1.50. The lowest BCUT2D eigenvalue weighted by molar-refractivity contribution is -0.143. The van der Waals surface area contributed by atoms with Crippen molar-refractivity contribution < 1.29 is 23.8 Å². The third-order valence-corrected chi connectivity index (χ3v) is 2.24. The number of hydrogen-bond acceptors (Lipinski definition) is 3. The number of carbonyl (C=O) groups is 2. The number of halogens is 1. The van der Waals surface area contributed by atoms with Crippen molar-refractivity contribution in [2.24, 2.45) is 0 Å². The van der Waals surface area contributed by atoms with Gasteiger partial charge in [0.2, 0.25) is 5.91 Å². The Hall–Kier alpha value is -2.11. The van der Waals surface area contributed by atoms with E-state index in [1.165, 1.54) is 36.2 Å². The summed E-state index contributed by atoms with van der Waals surface area (Å²) in [5, 5.41) is 8.45. The van der Waals surface area contributed by atoms with Crippen LogP contribution in [0.2, 0.25) is 0 Å². The first kappa shape index (κ1) is 14.0. The van der Waals surface area contributed by atoms with Crippen molar-refractivity contribution in [3.63, 3.8) is 0 Å². The molecule has 1 aromatic rings. The summed E-state index contributed by atoms with van der Waals surface area (Å²) in [6.45, 7) is 0.483. The van der Waals surface area contributed by atoms with Gasteiger partial charge in [-0.15, -0.1) is 0 Å². The molecule has 1 N–H and O–H groups in total.